The van der Waals surface area contributed by atoms with Crippen LogP contribution in [0.2, 0.25) is 5.02 Å². The molecule has 3 aromatic rings. The summed E-state index contributed by atoms with van der Waals surface area (Å²) in [5.74, 6) is -0.483. The van der Waals surface area contributed by atoms with Gasteiger partial charge in [0, 0.05) is 11.3 Å². The van der Waals surface area contributed by atoms with Crippen LogP contribution in [0.5, 0.6) is 0 Å². The van der Waals surface area contributed by atoms with Gasteiger partial charge in [0.2, 0.25) is 11.7 Å². The molecule has 0 saturated carbocycles. The minimum Gasteiger partial charge on any atom is -0.324 e. The molecule has 1 aromatic heterocycles. The quantitative estimate of drug-likeness (QED) is 0.798. The molecule has 0 spiro atoms. The third-order valence-corrected chi connectivity index (χ3v) is 3.26. The number of tetrazole rings is 1. The van der Waals surface area contributed by atoms with E-state index < -0.39 is 5.82 Å². The maximum atomic E-state index is 13.1. The lowest BCUT2D eigenvalue weighted by Gasteiger charge is -2.05. The molecule has 1 N–H and O–H groups in total. The molecule has 0 aliphatic carbocycles. The van der Waals surface area contributed by atoms with Crippen LogP contribution in [0.4, 0.5) is 10.1 Å². The van der Waals surface area contributed by atoms with E-state index >= 15 is 0 Å². The second-order valence-electron chi connectivity index (χ2n) is 4.69. The molecule has 6 nitrogen and oxygen atoms in total. The summed E-state index contributed by atoms with van der Waals surface area (Å²) in [4.78, 5) is 13.1. The highest BCUT2D eigenvalue weighted by Crippen LogP contribution is 2.19. The summed E-state index contributed by atoms with van der Waals surface area (Å²) < 4.78 is 13.1. The lowest BCUT2D eigenvalue weighted by atomic mass is 10.2. The Labute approximate surface area is 135 Å². The molecular formula is C15H11ClFN5O. The Hall–Kier alpha value is -2.80. The lowest BCUT2D eigenvalue weighted by molar-refractivity contribution is -0.117. The molecule has 23 heavy (non-hydrogen) atoms. The van der Waals surface area contributed by atoms with Crippen molar-refractivity contribution < 1.29 is 9.18 Å². The summed E-state index contributed by atoms with van der Waals surface area (Å²) in [5, 5.41) is 14.4. The number of amides is 1. The SMILES string of the molecule is O=C(Cn1nnc(-c2ccccc2)n1)Nc1ccc(F)c(Cl)c1. The van der Waals surface area contributed by atoms with Crippen molar-refractivity contribution in [2.24, 2.45) is 0 Å². The molecule has 3 rings (SSSR count). The van der Waals surface area contributed by atoms with Gasteiger partial charge in [-0.25, -0.2) is 4.39 Å². The molecule has 2 aromatic carbocycles. The Balaban J connectivity index is 1.66. The van der Waals surface area contributed by atoms with Crippen molar-refractivity contribution in [1.82, 2.24) is 20.2 Å². The van der Waals surface area contributed by atoms with Gasteiger partial charge in [0.15, 0.2) is 0 Å². The number of benzene rings is 2. The van der Waals surface area contributed by atoms with Crippen LogP contribution in [-0.2, 0) is 11.3 Å². The summed E-state index contributed by atoms with van der Waals surface area (Å²) >= 11 is 5.66. The minimum absolute atomic E-state index is 0.0620. The van der Waals surface area contributed by atoms with Gasteiger partial charge in [-0.3, -0.25) is 4.79 Å². The predicted molar refractivity (Wildman–Crippen MR) is 83.3 cm³/mol. The zero-order valence-electron chi connectivity index (χ0n) is 11.8. The highest BCUT2D eigenvalue weighted by atomic mass is 35.5. The predicted octanol–water partition coefficient (Wildman–Crippen LogP) is 2.77. The molecule has 1 heterocycles. The van der Waals surface area contributed by atoms with Crippen molar-refractivity contribution in [3.63, 3.8) is 0 Å². The smallest absolute Gasteiger partial charge is 0.248 e. The molecule has 0 saturated heterocycles. The number of anilines is 1. The summed E-state index contributed by atoms with van der Waals surface area (Å²) in [7, 11) is 0. The van der Waals surface area contributed by atoms with Crippen LogP contribution in [0.25, 0.3) is 11.4 Å². The van der Waals surface area contributed by atoms with Crippen LogP contribution in [0, 0.1) is 5.82 Å². The molecule has 1 amide bonds. The fraction of sp³-hybridized carbons (Fsp3) is 0.0667. The van der Waals surface area contributed by atoms with Gasteiger partial charge in [-0.15, -0.1) is 10.2 Å². The summed E-state index contributed by atoms with van der Waals surface area (Å²) in [6, 6.07) is 13.2. The van der Waals surface area contributed by atoms with E-state index in [0.29, 0.717) is 11.5 Å². The second kappa shape index (κ2) is 6.53. The summed E-state index contributed by atoms with van der Waals surface area (Å²) in [5.41, 5.74) is 1.20. The van der Waals surface area contributed by atoms with E-state index in [2.05, 4.69) is 20.7 Å². The second-order valence-corrected chi connectivity index (χ2v) is 5.09. The van der Waals surface area contributed by atoms with E-state index in [4.69, 9.17) is 11.6 Å². The van der Waals surface area contributed by atoms with Gasteiger partial charge < -0.3 is 5.32 Å². The number of carbonyl (C=O) groups excluding carboxylic acids is 1. The summed E-state index contributed by atoms with van der Waals surface area (Å²) in [6.45, 7) is -0.116. The normalized spacial score (nSPS) is 10.5. The molecule has 0 fully saturated rings. The van der Waals surface area contributed by atoms with Gasteiger partial charge >= 0.3 is 0 Å². The number of carbonyl (C=O) groups is 1. The van der Waals surface area contributed by atoms with E-state index in [-0.39, 0.29) is 17.5 Å². The molecule has 0 unspecified atom stereocenters. The van der Waals surface area contributed by atoms with Crippen molar-refractivity contribution in [1.29, 1.82) is 0 Å². The van der Waals surface area contributed by atoms with Gasteiger partial charge in [-0.2, -0.15) is 4.80 Å². The average molecular weight is 332 g/mol. The van der Waals surface area contributed by atoms with E-state index in [1.54, 1.807) is 0 Å². The maximum Gasteiger partial charge on any atom is 0.248 e. The van der Waals surface area contributed by atoms with E-state index in [0.717, 1.165) is 5.56 Å². The maximum absolute atomic E-state index is 13.1. The third-order valence-electron chi connectivity index (χ3n) is 2.97. The van der Waals surface area contributed by atoms with Crippen LogP contribution in [0.1, 0.15) is 0 Å². The molecule has 0 bridgehead atoms. The number of hydrogen-bond donors (Lipinski definition) is 1. The molecule has 0 aliphatic heterocycles. The summed E-state index contributed by atoms with van der Waals surface area (Å²) in [6.07, 6.45) is 0. The Morgan fingerprint density at radius 2 is 2.00 bits per heavy atom. The topological polar surface area (TPSA) is 72.7 Å². The third kappa shape index (κ3) is 3.70. The minimum atomic E-state index is -0.546. The highest BCUT2D eigenvalue weighted by molar-refractivity contribution is 6.31. The Bertz CT molecular complexity index is 837. The number of nitrogens with one attached hydrogen (secondary N) is 1. The lowest BCUT2D eigenvalue weighted by Crippen LogP contribution is -2.20. The molecule has 8 heteroatoms. The van der Waals surface area contributed by atoms with Crippen LogP contribution in [0.15, 0.2) is 48.5 Å². The highest BCUT2D eigenvalue weighted by Gasteiger charge is 2.10. The van der Waals surface area contributed by atoms with Gasteiger partial charge in [0.25, 0.3) is 0 Å². The first-order chi connectivity index (χ1) is 11.1. The fourth-order valence-electron chi connectivity index (χ4n) is 1.92. The van der Waals surface area contributed by atoms with Gasteiger partial charge in [0.1, 0.15) is 12.4 Å². The first kappa shape index (κ1) is 15.1. The van der Waals surface area contributed by atoms with Gasteiger partial charge in [0.05, 0.1) is 5.02 Å². The largest absolute Gasteiger partial charge is 0.324 e. The number of hydrogen-bond acceptors (Lipinski definition) is 4. The Kier molecular flexibility index (Phi) is 4.29. The monoisotopic (exact) mass is 331 g/mol. The van der Waals surface area contributed by atoms with Crippen molar-refractivity contribution in [3.8, 4) is 11.4 Å². The number of rotatable bonds is 4. The first-order valence-electron chi connectivity index (χ1n) is 6.70. The first-order valence-corrected chi connectivity index (χ1v) is 7.08. The van der Waals surface area contributed by atoms with Crippen LogP contribution in [0.3, 0.4) is 0 Å². The van der Waals surface area contributed by atoms with Crippen LogP contribution >= 0.6 is 11.6 Å². The standard InChI is InChI=1S/C15H11ClFN5O/c16-12-8-11(6-7-13(12)17)18-14(23)9-22-20-15(19-21-22)10-4-2-1-3-5-10/h1-8H,9H2,(H,18,23). The zero-order valence-corrected chi connectivity index (χ0v) is 12.5. The number of halogens is 2. The Morgan fingerprint density at radius 1 is 1.22 bits per heavy atom. The van der Waals surface area contributed by atoms with Crippen molar-refractivity contribution in [2.75, 3.05) is 5.32 Å². The van der Waals surface area contributed by atoms with Crippen LogP contribution in [-0.4, -0.2) is 26.1 Å². The van der Waals surface area contributed by atoms with Gasteiger partial charge in [-0.05, 0) is 23.4 Å². The van der Waals surface area contributed by atoms with Crippen molar-refractivity contribution in [3.05, 3.63) is 59.4 Å². The molecular weight excluding hydrogens is 321 g/mol. The Morgan fingerprint density at radius 3 is 2.74 bits per heavy atom. The van der Waals surface area contributed by atoms with Gasteiger partial charge in [-0.1, -0.05) is 41.9 Å². The number of aromatic nitrogens is 4. The van der Waals surface area contributed by atoms with Crippen molar-refractivity contribution >= 4 is 23.2 Å². The number of nitrogens with zero attached hydrogens (tertiary/aromatic N) is 4. The zero-order chi connectivity index (χ0) is 16.2. The molecule has 0 atom stereocenters. The molecule has 116 valence electrons. The van der Waals surface area contributed by atoms with E-state index in [1.807, 2.05) is 30.3 Å². The average Bonchev–Trinajstić information content (AvgIpc) is 3.00. The molecule has 0 radical (unpaired) electrons. The van der Waals surface area contributed by atoms with E-state index in [1.165, 1.54) is 23.0 Å². The van der Waals surface area contributed by atoms with Crippen LogP contribution < -0.4 is 5.32 Å². The van der Waals surface area contributed by atoms with E-state index in [9.17, 15) is 9.18 Å². The van der Waals surface area contributed by atoms with Crippen molar-refractivity contribution in [2.45, 2.75) is 6.54 Å². The molecule has 0 aliphatic rings. The fourth-order valence-corrected chi connectivity index (χ4v) is 2.10.